The molecule has 0 bridgehead atoms. The van der Waals surface area contributed by atoms with Gasteiger partial charge >= 0.3 is 0 Å². The van der Waals surface area contributed by atoms with E-state index >= 15 is 0 Å². The maximum absolute atomic E-state index is 13.3. The highest BCUT2D eigenvalue weighted by Gasteiger charge is 2.31. The molecule has 0 aliphatic carbocycles. The van der Waals surface area contributed by atoms with Gasteiger partial charge < -0.3 is 4.90 Å². The second-order valence-corrected chi connectivity index (χ2v) is 12.0. The molecule has 0 amide bonds. The molecule has 7 nitrogen and oxygen atoms in total. The van der Waals surface area contributed by atoms with Crippen molar-refractivity contribution < 1.29 is 16.8 Å². The largest absolute Gasteiger partial charge is 0.301 e. The van der Waals surface area contributed by atoms with Crippen molar-refractivity contribution in [3.05, 3.63) is 28.3 Å². The van der Waals surface area contributed by atoms with Crippen LogP contribution in [0.4, 0.5) is 0 Å². The Morgan fingerprint density at radius 2 is 1.39 bits per heavy atom. The minimum Gasteiger partial charge on any atom is -0.301 e. The van der Waals surface area contributed by atoms with Crippen molar-refractivity contribution in [2.75, 3.05) is 52.6 Å². The molecule has 28 heavy (non-hydrogen) atoms. The van der Waals surface area contributed by atoms with Gasteiger partial charge in [0, 0.05) is 40.3 Å². The molecule has 0 unspecified atom stereocenters. The van der Waals surface area contributed by atoms with Crippen LogP contribution in [-0.2, 0) is 20.0 Å². The van der Waals surface area contributed by atoms with Gasteiger partial charge in [-0.2, -0.15) is 4.31 Å². The first-order valence-corrected chi connectivity index (χ1v) is 12.6. The van der Waals surface area contributed by atoms with Gasteiger partial charge in [0.25, 0.3) is 0 Å². The minimum atomic E-state index is -3.54. The Hall–Kier alpha value is -1.00. The Kier molecular flexibility index (Phi) is 7.31. The molecule has 0 N–H and O–H groups in total. The summed E-state index contributed by atoms with van der Waals surface area (Å²) in [5, 5.41) is 0. The van der Waals surface area contributed by atoms with E-state index in [0.29, 0.717) is 44.0 Å². The van der Waals surface area contributed by atoms with Gasteiger partial charge in [0.1, 0.15) is 0 Å². The fourth-order valence-electron chi connectivity index (χ4n) is 3.54. The first kappa shape index (κ1) is 23.3. The number of sulfonamides is 2. The quantitative estimate of drug-likeness (QED) is 0.654. The van der Waals surface area contributed by atoms with Crippen LogP contribution in [0, 0.1) is 27.7 Å². The Labute approximate surface area is 170 Å². The topological polar surface area (TPSA) is 78.0 Å². The first-order chi connectivity index (χ1) is 12.9. The molecule has 1 fully saturated rings. The zero-order valence-corrected chi connectivity index (χ0v) is 19.5. The van der Waals surface area contributed by atoms with Crippen molar-refractivity contribution in [3.63, 3.8) is 0 Å². The van der Waals surface area contributed by atoms with Crippen molar-refractivity contribution in [3.8, 4) is 0 Å². The van der Waals surface area contributed by atoms with Gasteiger partial charge in [-0.15, -0.1) is 0 Å². The smallest absolute Gasteiger partial charge is 0.243 e. The summed E-state index contributed by atoms with van der Waals surface area (Å²) >= 11 is 0. The van der Waals surface area contributed by atoms with E-state index in [-0.39, 0.29) is 5.75 Å². The van der Waals surface area contributed by atoms with E-state index in [9.17, 15) is 16.8 Å². The first-order valence-electron chi connectivity index (χ1n) is 9.58. The van der Waals surface area contributed by atoms with Gasteiger partial charge in [-0.25, -0.2) is 21.1 Å². The van der Waals surface area contributed by atoms with Gasteiger partial charge in [0.15, 0.2) is 0 Å². The van der Waals surface area contributed by atoms with Crippen molar-refractivity contribution in [1.29, 1.82) is 0 Å². The van der Waals surface area contributed by atoms with Crippen molar-refractivity contribution in [2.24, 2.45) is 0 Å². The van der Waals surface area contributed by atoms with Gasteiger partial charge in [-0.1, -0.05) is 6.07 Å². The summed E-state index contributed by atoms with van der Waals surface area (Å²) < 4.78 is 53.1. The van der Waals surface area contributed by atoms with E-state index in [2.05, 4.69) is 4.90 Å². The number of hydrogen-bond acceptors (Lipinski definition) is 5. The van der Waals surface area contributed by atoms with Gasteiger partial charge in [0.05, 0.1) is 10.6 Å². The molecule has 1 saturated heterocycles. The average Bonchev–Trinajstić information content (AvgIpc) is 2.60. The highest BCUT2D eigenvalue weighted by atomic mass is 32.2. The number of aryl methyl sites for hydroxylation is 2. The molecule has 1 aromatic carbocycles. The number of rotatable bonds is 7. The molecule has 0 spiro atoms. The molecule has 1 aliphatic heterocycles. The fraction of sp³-hybridized carbons (Fsp3) is 0.684. The van der Waals surface area contributed by atoms with Crippen LogP contribution in [0.3, 0.4) is 0 Å². The lowest BCUT2D eigenvalue weighted by Gasteiger charge is -2.34. The van der Waals surface area contributed by atoms with Crippen LogP contribution in [0.2, 0.25) is 0 Å². The lowest BCUT2D eigenvalue weighted by Crippen LogP contribution is -2.49. The summed E-state index contributed by atoms with van der Waals surface area (Å²) in [5.41, 5.74) is 3.61. The normalized spacial score (nSPS) is 17.4. The molecule has 0 saturated carbocycles. The van der Waals surface area contributed by atoms with Crippen LogP contribution >= 0.6 is 0 Å². The van der Waals surface area contributed by atoms with E-state index in [1.54, 1.807) is 4.31 Å². The summed E-state index contributed by atoms with van der Waals surface area (Å²) in [6.07, 6.45) is 0.544. The zero-order chi connectivity index (χ0) is 21.3. The van der Waals surface area contributed by atoms with E-state index < -0.39 is 20.0 Å². The third-order valence-corrected chi connectivity index (χ3v) is 9.75. The van der Waals surface area contributed by atoms with Crippen LogP contribution in [0.5, 0.6) is 0 Å². The SMILES string of the molecule is Cc1cc(C)c(C)c(S(=O)(=O)N2CCN(CCCS(=O)(=O)N(C)C)CC2)c1C. The second kappa shape index (κ2) is 8.79. The van der Waals surface area contributed by atoms with E-state index in [4.69, 9.17) is 0 Å². The van der Waals surface area contributed by atoms with Gasteiger partial charge in [-0.05, 0) is 62.9 Å². The third kappa shape index (κ3) is 4.94. The van der Waals surface area contributed by atoms with Gasteiger partial charge in [-0.3, -0.25) is 0 Å². The maximum atomic E-state index is 13.3. The summed E-state index contributed by atoms with van der Waals surface area (Å²) in [7, 11) is -3.65. The van der Waals surface area contributed by atoms with Gasteiger partial charge in [0.2, 0.25) is 20.0 Å². The number of hydrogen-bond donors (Lipinski definition) is 0. The second-order valence-electron chi connectivity index (χ2n) is 7.79. The fourth-order valence-corrected chi connectivity index (χ4v) is 6.40. The molecule has 1 aromatic rings. The summed E-state index contributed by atoms with van der Waals surface area (Å²) in [6, 6.07) is 2.03. The molecular weight excluding hydrogens is 398 g/mol. The number of benzene rings is 1. The highest BCUT2D eigenvalue weighted by Crippen LogP contribution is 2.29. The van der Waals surface area contributed by atoms with Crippen molar-refractivity contribution in [2.45, 2.75) is 39.0 Å². The van der Waals surface area contributed by atoms with Crippen LogP contribution in [0.15, 0.2) is 11.0 Å². The van der Waals surface area contributed by atoms with E-state index in [0.717, 1.165) is 22.3 Å². The molecule has 160 valence electrons. The van der Waals surface area contributed by atoms with E-state index in [1.165, 1.54) is 18.4 Å². The number of nitrogens with zero attached hydrogens (tertiary/aromatic N) is 3. The molecule has 0 aromatic heterocycles. The number of piperazine rings is 1. The highest BCUT2D eigenvalue weighted by molar-refractivity contribution is 7.89. The molecular formula is C19H33N3O4S2. The lowest BCUT2D eigenvalue weighted by molar-refractivity contribution is 0.188. The average molecular weight is 432 g/mol. The molecule has 2 rings (SSSR count). The predicted octanol–water partition coefficient (Wildman–Crippen LogP) is 1.51. The standard InChI is InChI=1S/C19H33N3O4S2/c1-15-14-16(2)18(4)19(17(15)3)28(25,26)22-11-9-21(10-12-22)8-7-13-27(23,24)20(5)6/h14H,7-13H2,1-6H3. The molecule has 9 heteroatoms. The predicted molar refractivity (Wildman–Crippen MR) is 113 cm³/mol. The monoisotopic (exact) mass is 431 g/mol. The lowest BCUT2D eigenvalue weighted by atomic mass is 10.0. The van der Waals surface area contributed by atoms with Crippen LogP contribution < -0.4 is 0 Å². The molecule has 1 aliphatic rings. The van der Waals surface area contributed by atoms with Crippen LogP contribution in [0.25, 0.3) is 0 Å². The summed E-state index contributed by atoms with van der Waals surface area (Å²) in [4.78, 5) is 2.58. The third-order valence-electron chi connectivity index (χ3n) is 5.66. The van der Waals surface area contributed by atoms with E-state index in [1.807, 2.05) is 33.8 Å². The Morgan fingerprint density at radius 1 is 0.893 bits per heavy atom. The minimum absolute atomic E-state index is 0.111. The zero-order valence-electron chi connectivity index (χ0n) is 17.8. The molecule has 1 heterocycles. The molecule has 0 radical (unpaired) electrons. The van der Waals surface area contributed by atoms with Crippen LogP contribution in [-0.4, -0.2) is 82.9 Å². The van der Waals surface area contributed by atoms with Crippen LogP contribution in [0.1, 0.15) is 28.7 Å². The molecule has 0 atom stereocenters. The Balaban J connectivity index is 2.04. The Bertz CT molecular complexity index is 891. The Morgan fingerprint density at radius 3 is 1.86 bits per heavy atom. The van der Waals surface area contributed by atoms with Crippen molar-refractivity contribution >= 4 is 20.0 Å². The summed E-state index contributed by atoms with van der Waals surface area (Å²) in [6.45, 7) is 10.4. The van der Waals surface area contributed by atoms with Crippen molar-refractivity contribution in [1.82, 2.24) is 13.5 Å². The summed E-state index contributed by atoms with van der Waals surface area (Å²) in [5.74, 6) is 0.111. The maximum Gasteiger partial charge on any atom is 0.243 e.